The zero-order valence-electron chi connectivity index (χ0n) is 51.0. The van der Waals surface area contributed by atoms with Crippen molar-refractivity contribution in [2.75, 3.05) is 13.2 Å². The lowest BCUT2D eigenvalue weighted by Crippen LogP contribution is -2.30. The molecule has 0 aliphatic heterocycles. The molecule has 76 heavy (non-hydrogen) atoms. The molecule has 0 amide bonds. The molecule has 1 unspecified atom stereocenters. The van der Waals surface area contributed by atoms with Crippen LogP contribution < -0.4 is 0 Å². The molecular formula is C70H128O6. The van der Waals surface area contributed by atoms with Crippen LogP contribution in [0.25, 0.3) is 0 Å². The molecule has 0 fully saturated rings. The summed E-state index contributed by atoms with van der Waals surface area (Å²) in [5, 5.41) is 0. The lowest BCUT2D eigenvalue weighted by Gasteiger charge is -2.18. The molecule has 0 N–H and O–H groups in total. The number of carbonyl (C=O) groups excluding carboxylic acids is 3. The first-order chi connectivity index (χ1) is 37.5. The molecule has 444 valence electrons. The van der Waals surface area contributed by atoms with E-state index in [2.05, 4.69) is 69.4 Å². The highest BCUT2D eigenvalue weighted by Gasteiger charge is 2.19. The number of rotatable bonds is 62. The monoisotopic (exact) mass is 1060 g/mol. The van der Waals surface area contributed by atoms with Crippen molar-refractivity contribution in [3.8, 4) is 0 Å². The van der Waals surface area contributed by atoms with Crippen LogP contribution in [0.2, 0.25) is 0 Å². The predicted octanol–water partition coefficient (Wildman–Crippen LogP) is 22.9. The molecule has 0 aromatic rings. The summed E-state index contributed by atoms with van der Waals surface area (Å²) in [6, 6.07) is 0. The third-order valence-corrected chi connectivity index (χ3v) is 15.0. The number of esters is 3. The van der Waals surface area contributed by atoms with Crippen LogP contribution in [0.5, 0.6) is 0 Å². The van der Waals surface area contributed by atoms with Gasteiger partial charge in [0, 0.05) is 19.3 Å². The number of hydrogen-bond acceptors (Lipinski definition) is 6. The van der Waals surface area contributed by atoms with E-state index in [-0.39, 0.29) is 31.1 Å². The van der Waals surface area contributed by atoms with Gasteiger partial charge >= 0.3 is 17.9 Å². The Labute approximate surface area is 473 Å². The Morgan fingerprint density at radius 2 is 0.474 bits per heavy atom. The average molecular weight is 1070 g/mol. The molecule has 0 bridgehead atoms. The maximum absolute atomic E-state index is 12.9. The van der Waals surface area contributed by atoms with Crippen LogP contribution in [-0.2, 0) is 28.6 Å². The van der Waals surface area contributed by atoms with E-state index in [0.29, 0.717) is 19.3 Å². The van der Waals surface area contributed by atoms with Gasteiger partial charge in [-0.25, -0.2) is 0 Å². The first-order valence-electron chi connectivity index (χ1n) is 33.6. The van der Waals surface area contributed by atoms with E-state index >= 15 is 0 Å². The van der Waals surface area contributed by atoms with Gasteiger partial charge in [-0.05, 0) is 103 Å². The number of hydrogen-bond donors (Lipinski definition) is 0. The summed E-state index contributed by atoms with van der Waals surface area (Å²) < 4.78 is 16.9. The normalized spacial score (nSPS) is 12.3. The van der Waals surface area contributed by atoms with Crippen LogP contribution in [0.4, 0.5) is 0 Å². The minimum atomic E-state index is -0.779. The number of carbonyl (C=O) groups is 3. The van der Waals surface area contributed by atoms with Crippen LogP contribution in [0.15, 0.2) is 48.6 Å². The van der Waals surface area contributed by atoms with Crippen molar-refractivity contribution >= 4 is 17.9 Å². The van der Waals surface area contributed by atoms with Crippen molar-refractivity contribution in [2.45, 2.75) is 367 Å². The second kappa shape index (κ2) is 64.9. The molecule has 0 radical (unpaired) electrons. The zero-order chi connectivity index (χ0) is 55.0. The summed E-state index contributed by atoms with van der Waals surface area (Å²) in [7, 11) is 0. The van der Waals surface area contributed by atoms with Gasteiger partial charge < -0.3 is 14.2 Å². The van der Waals surface area contributed by atoms with E-state index in [0.717, 1.165) is 70.6 Å². The van der Waals surface area contributed by atoms with Crippen molar-refractivity contribution in [3.05, 3.63) is 48.6 Å². The Morgan fingerprint density at radius 3 is 0.763 bits per heavy atom. The largest absolute Gasteiger partial charge is 0.462 e. The Kier molecular flexibility index (Phi) is 62.6. The smallest absolute Gasteiger partial charge is 0.306 e. The van der Waals surface area contributed by atoms with Crippen molar-refractivity contribution < 1.29 is 28.6 Å². The molecule has 0 saturated heterocycles. The first-order valence-corrected chi connectivity index (χ1v) is 33.6. The Morgan fingerprint density at radius 1 is 0.263 bits per heavy atom. The fourth-order valence-corrected chi connectivity index (χ4v) is 9.94. The molecule has 0 aliphatic rings. The van der Waals surface area contributed by atoms with E-state index < -0.39 is 6.10 Å². The highest BCUT2D eigenvalue weighted by Crippen LogP contribution is 2.17. The van der Waals surface area contributed by atoms with Gasteiger partial charge in [0.2, 0.25) is 0 Å². The Balaban J connectivity index is 4.25. The SMILES string of the molecule is CCCCC/C=C\CCCCCCCC(=O)OCC(COC(=O)CCCCCCCCCCCCCCC/C=C\CCCCCCCCCC)OC(=O)CCCCCCCCCCC/C=C\C/C=C\CCCCCCC. The quantitative estimate of drug-likeness (QED) is 0.0261. The van der Waals surface area contributed by atoms with E-state index in [9.17, 15) is 14.4 Å². The van der Waals surface area contributed by atoms with E-state index in [1.807, 2.05) is 0 Å². The minimum absolute atomic E-state index is 0.0748. The van der Waals surface area contributed by atoms with E-state index in [4.69, 9.17) is 14.2 Å². The third kappa shape index (κ3) is 62.2. The van der Waals surface area contributed by atoms with E-state index in [1.165, 1.54) is 250 Å². The topological polar surface area (TPSA) is 78.9 Å². The van der Waals surface area contributed by atoms with Crippen molar-refractivity contribution in [1.82, 2.24) is 0 Å². The third-order valence-electron chi connectivity index (χ3n) is 15.0. The number of allylic oxidation sites excluding steroid dienone is 8. The molecule has 0 rings (SSSR count). The van der Waals surface area contributed by atoms with Gasteiger partial charge in [-0.15, -0.1) is 0 Å². The maximum atomic E-state index is 12.9. The Hall–Kier alpha value is -2.63. The van der Waals surface area contributed by atoms with Gasteiger partial charge in [0.05, 0.1) is 0 Å². The molecule has 0 saturated carbocycles. The molecule has 0 heterocycles. The molecule has 6 heteroatoms. The molecule has 6 nitrogen and oxygen atoms in total. The molecule has 0 aliphatic carbocycles. The highest BCUT2D eigenvalue weighted by molar-refractivity contribution is 5.71. The summed E-state index contributed by atoms with van der Waals surface area (Å²) in [6.07, 6.45) is 81.3. The van der Waals surface area contributed by atoms with E-state index in [1.54, 1.807) is 0 Å². The van der Waals surface area contributed by atoms with Gasteiger partial charge in [-0.3, -0.25) is 14.4 Å². The first kappa shape index (κ1) is 73.4. The van der Waals surface area contributed by atoms with Gasteiger partial charge in [0.1, 0.15) is 13.2 Å². The fraction of sp³-hybridized carbons (Fsp3) is 0.843. The van der Waals surface area contributed by atoms with Crippen molar-refractivity contribution in [2.24, 2.45) is 0 Å². The van der Waals surface area contributed by atoms with Gasteiger partial charge in [0.25, 0.3) is 0 Å². The zero-order valence-corrected chi connectivity index (χ0v) is 51.0. The lowest BCUT2D eigenvalue weighted by atomic mass is 10.0. The number of ether oxygens (including phenoxy) is 3. The standard InChI is InChI=1S/C70H128O6/c1-4-7-10-13-16-19-22-25-27-29-31-33-34-35-36-38-39-41-43-45-48-51-54-57-60-63-69(72)75-66-67(65-74-68(71)62-59-56-53-50-47-24-21-18-15-12-9-6-3)76-70(73)64-61-58-55-52-49-46-44-42-40-37-32-30-28-26-23-20-17-14-11-8-5-2/h18,21,23,26,29-32,67H,4-17,19-20,22,24-25,27-28,33-66H2,1-3H3/b21-18-,26-23-,31-29-,32-30-. The highest BCUT2D eigenvalue weighted by atomic mass is 16.6. The summed E-state index contributed by atoms with van der Waals surface area (Å²) in [4.78, 5) is 38.3. The van der Waals surface area contributed by atoms with Crippen LogP contribution >= 0.6 is 0 Å². The molecule has 0 aromatic heterocycles. The van der Waals surface area contributed by atoms with Gasteiger partial charge in [0.15, 0.2) is 6.10 Å². The molecule has 0 spiro atoms. The summed E-state index contributed by atoms with van der Waals surface area (Å²) in [5.41, 5.74) is 0. The van der Waals surface area contributed by atoms with Crippen molar-refractivity contribution in [3.63, 3.8) is 0 Å². The Bertz CT molecular complexity index is 1310. The maximum Gasteiger partial charge on any atom is 0.306 e. The number of unbranched alkanes of at least 4 members (excludes halogenated alkanes) is 43. The van der Waals surface area contributed by atoms with Crippen LogP contribution in [0.1, 0.15) is 361 Å². The van der Waals surface area contributed by atoms with Crippen molar-refractivity contribution in [1.29, 1.82) is 0 Å². The fourth-order valence-electron chi connectivity index (χ4n) is 9.94. The van der Waals surface area contributed by atoms with Crippen LogP contribution in [0.3, 0.4) is 0 Å². The van der Waals surface area contributed by atoms with Crippen LogP contribution in [-0.4, -0.2) is 37.2 Å². The second-order valence-electron chi connectivity index (χ2n) is 22.7. The summed E-state index contributed by atoms with van der Waals surface area (Å²) >= 11 is 0. The minimum Gasteiger partial charge on any atom is -0.462 e. The van der Waals surface area contributed by atoms with Gasteiger partial charge in [-0.1, -0.05) is 288 Å². The van der Waals surface area contributed by atoms with Crippen LogP contribution in [0, 0.1) is 0 Å². The molecule has 1 atom stereocenters. The molecular weight excluding hydrogens is 937 g/mol. The molecule has 0 aromatic carbocycles. The average Bonchev–Trinajstić information content (AvgIpc) is 3.42. The summed E-state index contributed by atoms with van der Waals surface area (Å²) in [5.74, 6) is -0.868. The second-order valence-corrected chi connectivity index (χ2v) is 22.7. The van der Waals surface area contributed by atoms with Gasteiger partial charge in [-0.2, -0.15) is 0 Å². The lowest BCUT2D eigenvalue weighted by molar-refractivity contribution is -0.167. The predicted molar refractivity (Wildman–Crippen MR) is 330 cm³/mol. The summed E-state index contributed by atoms with van der Waals surface area (Å²) in [6.45, 7) is 6.65.